The Bertz CT molecular complexity index is 1260. The van der Waals surface area contributed by atoms with Crippen LogP contribution in [0.1, 0.15) is 10.4 Å². The van der Waals surface area contributed by atoms with Gasteiger partial charge in [0.05, 0.1) is 19.9 Å². The van der Waals surface area contributed by atoms with Gasteiger partial charge in [0.25, 0.3) is 5.91 Å². The second-order valence-corrected chi connectivity index (χ2v) is 6.90. The molecule has 0 aliphatic heterocycles. The van der Waals surface area contributed by atoms with E-state index in [2.05, 4.69) is 10.3 Å². The van der Waals surface area contributed by atoms with Crippen molar-refractivity contribution in [2.45, 2.75) is 0 Å². The third kappa shape index (κ3) is 3.70. The van der Waals surface area contributed by atoms with E-state index in [0.29, 0.717) is 33.3 Å². The molecule has 0 spiro atoms. The number of hydrogen-bond acceptors (Lipinski definition) is 7. The summed E-state index contributed by atoms with van der Waals surface area (Å²) < 4.78 is 15.8. The monoisotopic (exact) mass is 408 g/mol. The molecule has 0 unspecified atom stereocenters. The van der Waals surface area contributed by atoms with Gasteiger partial charge in [-0.15, -0.1) is 11.3 Å². The highest BCUT2D eigenvalue weighted by atomic mass is 32.1. The lowest BCUT2D eigenvalue weighted by molar-refractivity contribution is 0.102. The van der Waals surface area contributed by atoms with Gasteiger partial charge in [0, 0.05) is 22.4 Å². The van der Waals surface area contributed by atoms with Gasteiger partial charge < -0.3 is 13.9 Å². The van der Waals surface area contributed by atoms with Gasteiger partial charge in [0.1, 0.15) is 22.6 Å². The molecule has 4 aromatic rings. The Morgan fingerprint density at radius 2 is 1.93 bits per heavy atom. The van der Waals surface area contributed by atoms with Crippen molar-refractivity contribution in [3.05, 3.63) is 69.9 Å². The molecule has 0 radical (unpaired) electrons. The SMILES string of the molecule is COc1ccc(-c2csc(NC(=O)c3cc4ccccc4oc3=O)n2)c(OC)c1. The highest BCUT2D eigenvalue weighted by molar-refractivity contribution is 7.14. The number of thiazole rings is 1. The third-order valence-corrected chi connectivity index (χ3v) is 5.05. The van der Waals surface area contributed by atoms with Crippen molar-refractivity contribution in [3.8, 4) is 22.8 Å². The molecule has 0 bridgehead atoms. The van der Waals surface area contributed by atoms with Crippen LogP contribution in [0.3, 0.4) is 0 Å². The topological polar surface area (TPSA) is 90.7 Å². The van der Waals surface area contributed by atoms with E-state index in [4.69, 9.17) is 13.9 Å². The van der Waals surface area contributed by atoms with Crippen molar-refractivity contribution in [2.24, 2.45) is 0 Å². The van der Waals surface area contributed by atoms with Crippen molar-refractivity contribution in [3.63, 3.8) is 0 Å². The lowest BCUT2D eigenvalue weighted by Crippen LogP contribution is -2.20. The molecule has 29 heavy (non-hydrogen) atoms. The predicted molar refractivity (Wildman–Crippen MR) is 111 cm³/mol. The second-order valence-electron chi connectivity index (χ2n) is 6.04. The first-order valence-electron chi connectivity index (χ1n) is 8.61. The van der Waals surface area contributed by atoms with Crippen LogP contribution in [-0.4, -0.2) is 25.1 Å². The van der Waals surface area contributed by atoms with E-state index in [1.807, 2.05) is 6.07 Å². The first kappa shape index (κ1) is 18.7. The summed E-state index contributed by atoms with van der Waals surface area (Å²) in [5.74, 6) is 0.687. The van der Waals surface area contributed by atoms with Crippen LogP contribution in [0, 0.1) is 0 Å². The highest BCUT2D eigenvalue weighted by Gasteiger charge is 2.17. The number of para-hydroxylation sites is 1. The van der Waals surface area contributed by atoms with Gasteiger partial charge in [-0.3, -0.25) is 10.1 Å². The average Bonchev–Trinajstić information content (AvgIpc) is 3.20. The summed E-state index contributed by atoms with van der Waals surface area (Å²) in [5.41, 5.74) is 1.04. The fraction of sp³-hybridized carbons (Fsp3) is 0.0952. The Kier molecular flexibility index (Phi) is 5.01. The van der Waals surface area contributed by atoms with Crippen molar-refractivity contribution in [2.75, 3.05) is 19.5 Å². The Labute approximate surface area is 169 Å². The Morgan fingerprint density at radius 3 is 2.72 bits per heavy atom. The summed E-state index contributed by atoms with van der Waals surface area (Å²) in [4.78, 5) is 29.2. The van der Waals surface area contributed by atoms with E-state index in [0.717, 1.165) is 5.56 Å². The zero-order valence-corrected chi connectivity index (χ0v) is 16.4. The zero-order valence-electron chi connectivity index (χ0n) is 15.6. The lowest BCUT2D eigenvalue weighted by Gasteiger charge is -2.08. The van der Waals surface area contributed by atoms with Crippen LogP contribution < -0.4 is 20.4 Å². The first-order chi connectivity index (χ1) is 14.1. The van der Waals surface area contributed by atoms with Crippen LogP contribution in [0.15, 0.2) is 63.1 Å². The molecule has 8 heteroatoms. The Hall–Kier alpha value is -3.65. The van der Waals surface area contributed by atoms with Gasteiger partial charge in [-0.25, -0.2) is 9.78 Å². The average molecular weight is 408 g/mol. The predicted octanol–water partition coefficient (Wildman–Crippen LogP) is 4.19. The number of amides is 1. The van der Waals surface area contributed by atoms with Crippen LogP contribution in [0.4, 0.5) is 5.13 Å². The Balaban J connectivity index is 1.61. The second kappa shape index (κ2) is 7.76. The largest absolute Gasteiger partial charge is 0.497 e. The summed E-state index contributed by atoms with van der Waals surface area (Å²) in [6.45, 7) is 0. The molecule has 146 valence electrons. The molecule has 7 nitrogen and oxygen atoms in total. The number of carbonyl (C=O) groups excluding carboxylic acids is 1. The van der Waals surface area contributed by atoms with Crippen LogP contribution in [0.2, 0.25) is 0 Å². The minimum Gasteiger partial charge on any atom is -0.497 e. The number of carbonyl (C=O) groups is 1. The van der Waals surface area contributed by atoms with E-state index >= 15 is 0 Å². The highest BCUT2D eigenvalue weighted by Crippen LogP contribution is 2.34. The zero-order chi connectivity index (χ0) is 20.4. The number of ether oxygens (including phenoxy) is 2. The lowest BCUT2D eigenvalue weighted by atomic mass is 10.1. The molecule has 0 atom stereocenters. The molecule has 0 aliphatic rings. The molecule has 1 N–H and O–H groups in total. The van der Waals surface area contributed by atoms with Crippen molar-refractivity contribution < 1.29 is 18.7 Å². The van der Waals surface area contributed by atoms with Gasteiger partial charge in [0.2, 0.25) is 0 Å². The maximum Gasteiger partial charge on any atom is 0.349 e. The summed E-state index contributed by atoms with van der Waals surface area (Å²) in [6.07, 6.45) is 0. The van der Waals surface area contributed by atoms with Gasteiger partial charge in [-0.2, -0.15) is 0 Å². The molecule has 4 rings (SSSR count). The summed E-state index contributed by atoms with van der Waals surface area (Å²) in [5, 5.41) is 5.47. The molecule has 0 saturated carbocycles. The van der Waals surface area contributed by atoms with Crippen LogP contribution in [0.5, 0.6) is 11.5 Å². The van der Waals surface area contributed by atoms with Crippen LogP contribution >= 0.6 is 11.3 Å². The summed E-state index contributed by atoms with van der Waals surface area (Å²) in [7, 11) is 3.14. The molecule has 2 aromatic heterocycles. The van der Waals surface area contributed by atoms with Crippen molar-refractivity contribution in [1.29, 1.82) is 0 Å². The molecule has 2 heterocycles. The van der Waals surface area contributed by atoms with Crippen molar-refractivity contribution >= 4 is 33.3 Å². The molecule has 0 aliphatic carbocycles. The maximum atomic E-state index is 12.6. The number of nitrogens with zero attached hydrogens (tertiary/aromatic N) is 1. The number of anilines is 1. The fourth-order valence-corrected chi connectivity index (χ4v) is 3.56. The standard InChI is InChI=1S/C21H16N2O5S/c1-26-13-7-8-14(18(10-13)27-2)16-11-29-21(22-16)23-19(24)15-9-12-5-3-4-6-17(12)28-20(15)25/h3-11H,1-2H3,(H,22,23,24). The number of benzene rings is 2. The first-order valence-corrected chi connectivity index (χ1v) is 9.49. The van der Waals surface area contributed by atoms with E-state index in [1.54, 1.807) is 56.0 Å². The number of aromatic nitrogens is 1. The summed E-state index contributed by atoms with van der Waals surface area (Å²) in [6, 6.07) is 13.9. The van der Waals surface area contributed by atoms with Crippen LogP contribution in [0.25, 0.3) is 22.2 Å². The van der Waals surface area contributed by atoms with E-state index < -0.39 is 11.5 Å². The number of methoxy groups -OCH3 is 2. The number of rotatable bonds is 5. The molecular weight excluding hydrogens is 392 g/mol. The molecular formula is C21H16N2O5S. The maximum absolute atomic E-state index is 12.6. The third-order valence-electron chi connectivity index (χ3n) is 4.30. The quantitative estimate of drug-likeness (QED) is 0.498. The Morgan fingerprint density at radius 1 is 1.10 bits per heavy atom. The molecule has 2 aromatic carbocycles. The minimum atomic E-state index is -0.699. The summed E-state index contributed by atoms with van der Waals surface area (Å²) >= 11 is 1.24. The molecule has 1 amide bonds. The number of fused-ring (bicyclic) bond motifs is 1. The minimum absolute atomic E-state index is 0.0810. The van der Waals surface area contributed by atoms with E-state index in [9.17, 15) is 9.59 Å². The number of hydrogen-bond donors (Lipinski definition) is 1. The smallest absolute Gasteiger partial charge is 0.349 e. The van der Waals surface area contributed by atoms with Crippen LogP contribution in [-0.2, 0) is 0 Å². The molecule has 0 fully saturated rings. The van der Waals surface area contributed by atoms with Gasteiger partial charge >= 0.3 is 5.63 Å². The van der Waals surface area contributed by atoms with Gasteiger partial charge in [-0.05, 0) is 24.3 Å². The van der Waals surface area contributed by atoms with Gasteiger partial charge in [-0.1, -0.05) is 18.2 Å². The van der Waals surface area contributed by atoms with E-state index in [-0.39, 0.29) is 5.56 Å². The normalized spacial score (nSPS) is 10.7. The molecule has 0 saturated heterocycles. The van der Waals surface area contributed by atoms with Gasteiger partial charge in [0.15, 0.2) is 5.13 Å². The fourth-order valence-electron chi connectivity index (χ4n) is 2.85. The number of nitrogens with one attached hydrogen (secondary N) is 1. The van der Waals surface area contributed by atoms with E-state index in [1.165, 1.54) is 17.4 Å². The van der Waals surface area contributed by atoms with Crippen molar-refractivity contribution in [1.82, 2.24) is 4.98 Å².